The molecular formula is C17H22N2O4. The lowest BCUT2D eigenvalue weighted by molar-refractivity contribution is -0.127. The smallest absolute Gasteiger partial charge is 0.255 e. The third kappa shape index (κ3) is 3.88. The third-order valence-corrected chi connectivity index (χ3v) is 3.99. The Balaban J connectivity index is 2.00. The number of likely N-dealkylation sites (tertiary alicyclic amines) is 1. The predicted molar refractivity (Wildman–Crippen MR) is 85.5 cm³/mol. The van der Waals surface area contributed by atoms with Crippen molar-refractivity contribution in [2.75, 3.05) is 19.6 Å². The van der Waals surface area contributed by atoms with E-state index in [0.29, 0.717) is 25.8 Å². The zero-order valence-electron chi connectivity index (χ0n) is 13.5. The van der Waals surface area contributed by atoms with Gasteiger partial charge in [-0.2, -0.15) is 0 Å². The number of rotatable bonds is 6. The molecule has 1 aliphatic heterocycles. The first-order chi connectivity index (χ1) is 11.0. The zero-order chi connectivity index (χ0) is 17.0. The summed E-state index contributed by atoms with van der Waals surface area (Å²) in [4.78, 5) is 36.8. The highest BCUT2D eigenvalue weighted by molar-refractivity contribution is 5.99. The van der Waals surface area contributed by atoms with E-state index in [-0.39, 0.29) is 28.7 Å². The quantitative estimate of drug-likeness (QED) is 0.778. The average Bonchev–Trinajstić information content (AvgIpc) is 2.87. The summed E-state index contributed by atoms with van der Waals surface area (Å²) in [6.45, 7) is 5.53. The number of carbonyl (C=O) groups is 3. The molecule has 0 aromatic heterocycles. The summed E-state index contributed by atoms with van der Waals surface area (Å²) in [5.74, 6) is -0.544. The number of hydrogen-bond acceptors (Lipinski definition) is 4. The Morgan fingerprint density at radius 2 is 2.22 bits per heavy atom. The van der Waals surface area contributed by atoms with Crippen LogP contribution in [0, 0.1) is 12.8 Å². The zero-order valence-corrected chi connectivity index (χ0v) is 13.5. The van der Waals surface area contributed by atoms with Crippen molar-refractivity contribution >= 4 is 18.1 Å². The van der Waals surface area contributed by atoms with Gasteiger partial charge < -0.3 is 15.3 Å². The van der Waals surface area contributed by atoms with Gasteiger partial charge in [-0.25, -0.2) is 0 Å². The largest absolute Gasteiger partial charge is 0.506 e. The number of nitrogens with one attached hydrogen (secondary N) is 1. The summed E-state index contributed by atoms with van der Waals surface area (Å²) in [6.07, 6.45) is 1.87. The maximum atomic E-state index is 12.2. The predicted octanol–water partition coefficient (Wildman–Crippen LogP) is 1.50. The van der Waals surface area contributed by atoms with Crippen LogP contribution in [0.25, 0.3) is 0 Å². The van der Waals surface area contributed by atoms with E-state index in [2.05, 4.69) is 5.32 Å². The second kappa shape index (κ2) is 7.26. The van der Waals surface area contributed by atoms with Gasteiger partial charge in [0, 0.05) is 32.0 Å². The fourth-order valence-electron chi connectivity index (χ4n) is 2.88. The molecule has 2 N–H and O–H groups in total. The van der Waals surface area contributed by atoms with Gasteiger partial charge in [-0.1, -0.05) is 6.92 Å². The van der Waals surface area contributed by atoms with E-state index in [9.17, 15) is 19.5 Å². The Morgan fingerprint density at radius 1 is 1.48 bits per heavy atom. The Labute approximate surface area is 135 Å². The van der Waals surface area contributed by atoms with E-state index >= 15 is 0 Å². The van der Waals surface area contributed by atoms with Crippen molar-refractivity contribution in [3.8, 4) is 5.75 Å². The second-order valence-corrected chi connectivity index (χ2v) is 5.99. The molecule has 1 fully saturated rings. The number of aromatic hydroxyl groups is 1. The number of phenols is 1. The van der Waals surface area contributed by atoms with Gasteiger partial charge in [0.15, 0.2) is 6.29 Å². The van der Waals surface area contributed by atoms with E-state index in [1.807, 2.05) is 11.8 Å². The molecule has 0 saturated carbocycles. The van der Waals surface area contributed by atoms with Crippen molar-refractivity contribution in [3.63, 3.8) is 0 Å². The first kappa shape index (κ1) is 17.0. The van der Waals surface area contributed by atoms with Crippen molar-refractivity contribution in [3.05, 3.63) is 28.8 Å². The second-order valence-electron chi connectivity index (χ2n) is 5.99. The molecule has 0 spiro atoms. The number of amides is 2. The minimum Gasteiger partial charge on any atom is -0.506 e. The third-order valence-electron chi connectivity index (χ3n) is 3.99. The average molecular weight is 318 g/mol. The van der Waals surface area contributed by atoms with E-state index in [1.54, 1.807) is 13.0 Å². The topological polar surface area (TPSA) is 86.7 Å². The van der Waals surface area contributed by atoms with Gasteiger partial charge in [-0.15, -0.1) is 0 Å². The molecule has 2 amide bonds. The summed E-state index contributed by atoms with van der Waals surface area (Å²) >= 11 is 0. The molecule has 23 heavy (non-hydrogen) atoms. The van der Waals surface area contributed by atoms with E-state index in [0.717, 1.165) is 18.5 Å². The van der Waals surface area contributed by atoms with Crippen molar-refractivity contribution in [1.82, 2.24) is 10.2 Å². The summed E-state index contributed by atoms with van der Waals surface area (Å²) in [5.41, 5.74) is 0.905. The van der Waals surface area contributed by atoms with Crippen LogP contribution in [-0.4, -0.2) is 47.7 Å². The fraction of sp³-hybridized carbons (Fsp3) is 0.471. The SMILES string of the molecule is CCCN1CC(CNC(=O)c2cc(C)cc(C=O)c2O)CC1=O. The molecule has 0 bridgehead atoms. The Morgan fingerprint density at radius 3 is 2.87 bits per heavy atom. The number of aldehydes is 1. The van der Waals surface area contributed by atoms with Crippen LogP contribution >= 0.6 is 0 Å². The summed E-state index contributed by atoms with van der Waals surface area (Å²) in [7, 11) is 0. The van der Waals surface area contributed by atoms with Gasteiger partial charge in [0.2, 0.25) is 5.91 Å². The van der Waals surface area contributed by atoms with E-state index in [4.69, 9.17) is 0 Å². The van der Waals surface area contributed by atoms with E-state index in [1.165, 1.54) is 6.07 Å². The lowest BCUT2D eigenvalue weighted by Crippen LogP contribution is -2.31. The minimum atomic E-state index is -0.435. The molecule has 1 aromatic rings. The molecular weight excluding hydrogens is 296 g/mol. The van der Waals surface area contributed by atoms with Crippen molar-refractivity contribution in [2.24, 2.45) is 5.92 Å². The first-order valence-electron chi connectivity index (χ1n) is 7.81. The van der Waals surface area contributed by atoms with Crippen LogP contribution in [0.15, 0.2) is 12.1 Å². The highest BCUT2D eigenvalue weighted by Gasteiger charge is 2.29. The molecule has 6 heteroatoms. The standard InChI is InChI=1S/C17H22N2O4/c1-3-4-19-9-12(7-15(19)21)8-18-17(23)14-6-11(2)5-13(10-20)16(14)22/h5-6,10,12,22H,3-4,7-9H2,1-2H3,(H,18,23). The lowest BCUT2D eigenvalue weighted by Gasteiger charge is -2.16. The number of benzene rings is 1. The Kier molecular flexibility index (Phi) is 5.36. The molecule has 2 rings (SSSR count). The molecule has 1 saturated heterocycles. The maximum absolute atomic E-state index is 12.2. The normalized spacial score (nSPS) is 17.4. The summed E-state index contributed by atoms with van der Waals surface area (Å²) in [6, 6.07) is 3.07. The molecule has 1 unspecified atom stereocenters. The van der Waals surface area contributed by atoms with Gasteiger partial charge in [0.25, 0.3) is 5.91 Å². The van der Waals surface area contributed by atoms with Crippen LogP contribution in [0.5, 0.6) is 5.75 Å². The van der Waals surface area contributed by atoms with Crippen molar-refractivity contribution in [1.29, 1.82) is 0 Å². The van der Waals surface area contributed by atoms with Gasteiger partial charge in [0.1, 0.15) is 5.75 Å². The van der Waals surface area contributed by atoms with Crippen LogP contribution in [0.2, 0.25) is 0 Å². The Bertz CT molecular complexity index is 627. The van der Waals surface area contributed by atoms with Crippen LogP contribution in [-0.2, 0) is 4.79 Å². The van der Waals surface area contributed by atoms with Crippen LogP contribution in [0.4, 0.5) is 0 Å². The molecule has 1 aliphatic rings. The lowest BCUT2D eigenvalue weighted by atomic mass is 10.0. The summed E-state index contributed by atoms with van der Waals surface area (Å²) in [5, 5.41) is 12.7. The van der Waals surface area contributed by atoms with Gasteiger partial charge in [-0.05, 0) is 31.0 Å². The van der Waals surface area contributed by atoms with Gasteiger partial charge in [0.05, 0.1) is 11.1 Å². The molecule has 1 atom stereocenters. The number of nitrogens with zero attached hydrogens (tertiary/aromatic N) is 1. The highest BCUT2D eigenvalue weighted by atomic mass is 16.3. The minimum absolute atomic E-state index is 0.0792. The monoisotopic (exact) mass is 318 g/mol. The van der Waals surface area contributed by atoms with Crippen LogP contribution in [0.1, 0.15) is 46.0 Å². The Hall–Kier alpha value is -2.37. The summed E-state index contributed by atoms with van der Waals surface area (Å²) < 4.78 is 0. The van der Waals surface area contributed by atoms with E-state index < -0.39 is 5.91 Å². The van der Waals surface area contributed by atoms with Crippen molar-refractivity contribution in [2.45, 2.75) is 26.7 Å². The molecule has 1 aromatic carbocycles. The van der Waals surface area contributed by atoms with Crippen LogP contribution in [0.3, 0.4) is 0 Å². The molecule has 0 radical (unpaired) electrons. The number of carbonyl (C=O) groups excluding carboxylic acids is 3. The molecule has 124 valence electrons. The number of hydrogen-bond donors (Lipinski definition) is 2. The molecule has 6 nitrogen and oxygen atoms in total. The van der Waals surface area contributed by atoms with Crippen molar-refractivity contribution < 1.29 is 19.5 Å². The number of aryl methyl sites for hydroxylation is 1. The highest BCUT2D eigenvalue weighted by Crippen LogP contribution is 2.23. The van der Waals surface area contributed by atoms with Gasteiger partial charge in [-0.3, -0.25) is 14.4 Å². The first-order valence-corrected chi connectivity index (χ1v) is 7.81. The van der Waals surface area contributed by atoms with Crippen LogP contribution < -0.4 is 5.32 Å². The fourth-order valence-corrected chi connectivity index (χ4v) is 2.88. The molecule has 1 heterocycles. The molecule has 0 aliphatic carbocycles. The maximum Gasteiger partial charge on any atom is 0.255 e. The van der Waals surface area contributed by atoms with Gasteiger partial charge >= 0.3 is 0 Å². The number of phenolic OH excluding ortho intramolecular Hbond substituents is 1.